The molecule has 1 saturated heterocycles. The van der Waals surface area contributed by atoms with Gasteiger partial charge in [0.1, 0.15) is 5.69 Å². The van der Waals surface area contributed by atoms with Crippen LogP contribution in [0.25, 0.3) is 33.3 Å². The van der Waals surface area contributed by atoms with Crippen LogP contribution in [0.15, 0.2) is 42.6 Å². The summed E-state index contributed by atoms with van der Waals surface area (Å²) in [6.45, 7) is 0.630. The van der Waals surface area contributed by atoms with E-state index in [1.54, 1.807) is 23.0 Å². The second kappa shape index (κ2) is 6.35. The molecule has 0 saturated carbocycles. The molecule has 1 aromatic carbocycles. The van der Waals surface area contributed by atoms with Crippen LogP contribution in [-0.2, 0) is 4.74 Å². The first-order valence-electron chi connectivity index (χ1n) is 8.92. The third-order valence-electron chi connectivity index (χ3n) is 4.88. The van der Waals surface area contributed by atoms with Crippen LogP contribution in [0.3, 0.4) is 0 Å². The second-order valence-corrected chi connectivity index (χ2v) is 6.64. The van der Waals surface area contributed by atoms with Gasteiger partial charge in [0.05, 0.1) is 22.2 Å². The van der Waals surface area contributed by atoms with Gasteiger partial charge in [0.15, 0.2) is 17.9 Å². The molecule has 7 heteroatoms. The molecule has 0 radical (unpaired) electrons. The summed E-state index contributed by atoms with van der Waals surface area (Å²) < 4.78 is 35.4. The van der Waals surface area contributed by atoms with Crippen molar-refractivity contribution >= 4 is 21.9 Å². The van der Waals surface area contributed by atoms with Crippen LogP contribution in [0, 0.1) is 11.6 Å². The monoisotopic (exact) mass is 366 g/mol. The molecule has 1 aliphatic rings. The van der Waals surface area contributed by atoms with Crippen molar-refractivity contribution in [1.82, 2.24) is 19.7 Å². The zero-order valence-electron chi connectivity index (χ0n) is 14.4. The summed E-state index contributed by atoms with van der Waals surface area (Å²) in [5, 5.41) is 5.16. The smallest absolute Gasteiger partial charge is 0.161 e. The molecule has 0 amide bonds. The van der Waals surface area contributed by atoms with Gasteiger partial charge in [-0.25, -0.2) is 18.4 Å². The van der Waals surface area contributed by atoms with Crippen LogP contribution in [0.2, 0.25) is 0 Å². The molecule has 5 nitrogen and oxygen atoms in total. The maximum absolute atomic E-state index is 14.0. The highest BCUT2D eigenvalue weighted by Crippen LogP contribution is 2.33. The van der Waals surface area contributed by atoms with Crippen molar-refractivity contribution in [3.63, 3.8) is 0 Å². The van der Waals surface area contributed by atoms with Crippen molar-refractivity contribution in [3.05, 3.63) is 54.2 Å². The van der Waals surface area contributed by atoms with Crippen molar-refractivity contribution in [3.8, 4) is 11.4 Å². The zero-order valence-corrected chi connectivity index (χ0v) is 14.4. The summed E-state index contributed by atoms with van der Waals surface area (Å²) in [6, 6.07) is 9.67. The minimum absolute atomic E-state index is 0.290. The predicted octanol–water partition coefficient (Wildman–Crippen LogP) is 4.62. The van der Waals surface area contributed by atoms with E-state index in [2.05, 4.69) is 15.1 Å². The Labute approximate surface area is 153 Å². The van der Waals surface area contributed by atoms with E-state index >= 15 is 0 Å². The molecule has 1 unspecified atom stereocenters. The van der Waals surface area contributed by atoms with Gasteiger partial charge >= 0.3 is 0 Å². The van der Waals surface area contributed by atoms with Gasteiger partial charge in [-0.1, -0.05) is 0 Å². The number of hydrogen-bond acceptors (Lipinski definition) is 4. The lowest BCUT2D eigenvalue weighted by molar-refractivity contribution is -0.0365. The molecule has 5 rings (SSSR count). The molecule has 4 aromatic rings. The summed E-state index contributed by atoms with van der Waals surface area (Å²) in [5.41, 5.74) is 3.07. The molecular formula is C20H16F2N4O. The Morgan fingerprint density at radius 2 is 1.93 bits per heavy atom. The van der Waals surface area contributed by atoms with Crippen molar-refractivity contribution < 1.29 is 13.5 Å². The lowest BCUT2D eigenvalue weighted by Crippen LogP contribution is -2.19. The Hall–Kier alpha value is -2.93. The summed E-state index contributed by atoms with van der Waals surface area (Å²) in [5.74, 6) is -1.81. The topological polar surface area (TPSA) is 52.8 Å². The van der Waals surface area contributed by atoms with E-state index in [4.69, 9.17) is 4.74 Å². The standard InChI is InChI=1S/C20H16F2N4O/c21-13-10-12-18(11-14(13)22)26(19-5-1-2-9-27-19)25-20(12)17-7-6-15-16(24-17)4-3-8-23-15/h3-4,6-8,10-11,19H,1-2,5,9H2. The van der Waals surface area contributed by atoms with Crippen molar-refractivity contribution in [1.29, 1.82) is 0 Å². The summed E-state index contributed by atoms with van der Waals surface area (Å²) >= 11 is 0. The second-order valence-electron chi connectivity index (χ2n) is 6.64. The number of benzene rings is 1. The maximum atomic E-state index is 14.0. The number of halogens is 2. The molecule has 1 fully saturated rings. The summed E-state index contributed by atoms with van der Waals surface area (Å²) in [4.78, 5) is 8.88. The molecule has 1 atom stereocenters. The first-order chi connectivity index (χ1) is 13.2. The van der Waals surface area contributed by atoms with Crippen molar-refractivity contribution in [2.24, 2.45) is 0 Å². The Balaban J connectivity index is 1.74. The molecule has 136 valence electrons. The number of aromatic nitrogens is 4. The number of ether oxygens (including phenoxy) is 1. The van der Waals surface area contributed by atoms with Gasteiger partial charge in [-0.05, 0) is 49.6 Å². The van der Waals surface area contributed by atoms with E-state index in [0.29, 0.717) is 34.4 Å². The van der Waals surface area contributed by atoms with E-state index in [1.807, 2.05) is 12.1 Å². The Kier molecular flexibility index (Phi) is 3.82. The molecule has 0 aliphatic carbocycles. The molecule has 0 spiro atoms. The quantitative estimate of drug-likeness (QED) is 0.519. The Morgan fingerprint density at radius 1 is 1.04 bits per heavy atom. The van der Waals surface area contributed by atoms with Gasteiger partial charge in [0.2, 0.25) is 0 Å². The molecule has 0 N–H and O–H groups in total. The molecule has 1 aliphatic heterocycles. The Bertz CT molecular complexity index is 1150. The van der Waals surface area contributed by atoms with Gasteiger partial charge < -0.3 is 4.74 Å². The van der Waals surface area contributed by atoms with Gasteiger partial charge in [-0.3, -0.25) is 4.98 Å². The molecule has 4 heterocycles. The average molecular weight is 366 g/mol. The van der Waals surface area contributed by atoms with E-state index in [9.17, 15) is 8.78 Å². The van der Waals surface area contributed by atoms with E-state index in [-0.39, 0.29) is 6.23 Å². The first kappa shape index (κ1) is 16.3. The van der Waals surface area contributed by atoms with Gasteiger partial charge in [0, 0.05) is 24.3 Å². The average Bonchev–Trinajstić information content (AvgIpc) is 3.07. The van der Waals surface area contributed by atoms with E-state index in [1.165, 1.54) is 12.1 Å². The van der Waals surface area contributed by atoms with Gasteiger partial charge in [-0.15, -0.1) is 0 Å². The third-order valence-corrected chi connectivity index (χ3v) is 4.88. The van der Waals surface area contributed by atoms with Crippen LogP contribution < -0.4 is 0 Å². The fraction of sp³-hybridized carbons (Fsp3) is 0.250. The maximum Gasteiger partial charge on any atom is 0.161 e. The van der Waals surface area contributed by atoms with Gasteiger partial charge in [-0.2, -0.15) is 5.10 Å². The van der Waals surface area contributed by atoms with E-state index in [0.717, 1.165) is 24.8 Å². The number of pyridine rings is 2. The molecule has 27 heavy (non-hydrogen) atoms. The van der Waals surface area contributed by atoms with Crippen molar-refractivity contribution in [2.45, 2.75) is 25.5 Å². The highest BCUT2D eigenvalue weighted by atomic mass is 19.2. The number of rotatable bonds is 2. The SMILES string of the molecule is Fc1cc2c(-c3ccc4ncccc4n3)nn(C3CCCCO3)c2cc1F. The van der Waals surface area contributed by atoms with Crippen LogP contribution in [0.1, 0.15) is 25.5 Å². The number of nitrogens with zero attached hydrogens (tertiary/aromatic N) is 4. The van der Waals surface area contributed by atoms with Crippen LogP contribution in [0.5, 0.6) is 0 Å². The van der Waals surface area contributed by atoms with Gasteiger partial charge in [0.25, 0.3) is 0 Å². The normalized spacial score (nSPS) is 17.6. The molecule has 0 bridgehead atoms. The number of fused-ring (bicyclic) bond motifs is 2. The fourth-order valence-electron chi connectivity index (χ4n) is 3.55. The van der Waals surface area contributed by atoms with Crippen LogP contribution >= 0.6 is 0 Å². The zero-order chi connectivity index (χ0) is 18.4. The number of hydrogen-bond donors (Lipinski definition) is 0. The predicted molar refractivity (Wildman–Crippen MR) is 97.0 cm³/mol. The third kappa shape index (κ3) is 2.75. The lowest BCUT2D eigenvalue weighted by atomic mass is 10.1. The Morgan fingerprint density at radius 3 is 2.78 bits per heavy atom. The minimum atomic E-state index is -0.907. The van der Waals surface area contributed by atoms with Crippen molar-refractivity contribution in [2.75, 3.05) is 6.61 Å². The summed E-state index contributed by atoms with van der Waals surface area (Å²) in [6.07, 6.45) is 4.19. The fourth-order valence-corrected chi connectivity index (χ4v) is 3.55. The highest BCUT2D eigenvalue weighted by molar-refractivity contribution is 5.93. The van der Waals surface area contributed by atoms with Crippen LogP contribution in [-0.4, -0.2) is 26.4 Å². The first-order valence-corrected chi connectivity index (χ1v) is 8.92. The highest BCUT2D eigenvalue weighted by Gasteiger charge is 2.23. The summed E-state index contributed by atoms with van der Waals surface area (Å²) in [7, 11) is 0. The molecule has 3 aromatic heterocycles. The molecular weight excluding hydrogens is 350 g/mol. The van der Waals surface area contributed by atoms with E-state index < -0.39 is 11.6 Å². The largest absolute Gasteiger partial charge is 0.356 e. The van der Waals surface area contributed by atoms with Crippen LogP contribution in [0.4, 0.5) is 8.78 Å². The lowest BCUT2D eigenvalue weighted by Gasteiger charge is -2.23. The minimum Gasteiger partial charge on any atom is -0.356 e.